The number of phenolic OH excluding ortho intramolecular Hbond substituents is 1. The van der Waals surface area contributed by atoms with Gasteiger partial charge in [0, 0.05) is 10.9 Å². The van der Waals surface area contributed by atoms with Crippen molar-refractivity contribution in [3.05, 3.63) is 51.9 Å². The number of rotatable bonds is 7. The standard InChI is InChI=1S/C24H28O4/c1-5-6-7-8-11-24(3,4)17-13-20(26)22-19-12-16(15(2)25)9-10-18(19)23(27)28-21(22)14-17/h9-10,12-14,26H,5-8,11H2,1-4H3. The van der Waals surface area contributed by atoms with E-state index in [1.807, 2.05) is 6.07 Å². The summed E-state index contributed by atoms with van der Waals surface area (Å²) in [7, 11) is 0. The first-order valence-corrected chi connectivity index (χ1v) is 9.99. The molecule has 0 radical (unpaired) electrons. The second kappa shape index (κ2) is 7.78. The zero-order chi connectivity index (χ0) is 20.5. The van der Waals surface area contributed by atoms with Gasteiger partial charge in [0.2, 0.25) is 0 Å². The molecule has 1 N–H and O–H groups in total. The minimum absolute atomic E-state index is 0.0728. The summed E-state index contributed by atoms with van der Waals surface area (Å²) < 4.78 is 5.53. The minimum Gasteiger partial charge on any atom is -0.507 e. The monoisotopic (exact) mass is 380 g/mol. The Morgan fingerprint density at radius 1 is 1.07 bits per heavy atom. The van der Waals surface area contributed by atoms with Crippen LogP contribution in [0.2, 0.25) is 0 Å². The summed E-state index contributed by atoms with van der Waals surface area (Å²) in [5.74, 6) is -0.0174. The molecule has 0 fully saturated rings. The van der Waals surface area contributed by atoms with Crippen LogP contribution in [0.5, 0.6) is 5.75 Å². The first-order valence-electron chi connectivity index (χ1n) is 9.99. The molecule has 28 heavy (non-hydrogen) atoms. The van der Waals surface area contributed by atoms with Gasteiger partial charge in [-0.1, -0.05) is 52.5 Å². The number of carbonyl (C=O) groups is 1. The molecule has 3 aromatic rings. The Balaban J connectivity index is 2.14. The Kier molecular flexibility index (Phi) is 5.59. The molecule has 0 aliphatic carbocycles. The fraction of sp³-hybridized carbons (Fsp3) is 0.417. The molecule has 0 saturated carbocycles. The zero-order valence-corrected chi connectivity index (χ0v) is 17.1. The maximum Gasteiger partial charge on any atom is 0.344 e. The smallest absolute Gasteiger partial charge is 0.344 e. The lowest BCUT2D eigenvalue weighted by Crippen LogP contribution is -2.17. The van der Waals surface area contributed by atoms with E-state index in [4.69, 9.17) is 4.42 Å². The van der Waals surface area contributed by atoms with Gasteiger partial charge in [0.15, 0.2) is 5.78 Å². The van der Waals surface area contributed by atoms with Crippen molar-refractivity contribution in [3.63, 3.8) is 0 Å². The maximum atomic E-state index is 12.5. The Morgan fingerprint density at radius 3 is 2.50 bits per heavy atom. The second-order valence-electron chi connectivity index (χ2n) is 8.27. The number of aromatic hydroxyl groups is 1. The lowest BCUT2D eigenvalue weighted by Gasteiger charge is -2.26. The van der Waals surface area contributed by atoms with E-state index in [2.05, 4.69) is 20.8 Å². The number of carbonyl (C=O) groups excluding carboxylic acids is 1. The third-order valence-corrected chi connectivity index (χ3v) is 5.64. The molecule has 0 amide bonds. The van der Waals surface area contributed by atoms with E-state index >= 15 is 0 Å². The van der Waals surface area contributed by atoms with Gasteiger partial charge >= 0.3 is 5.63 Å². The van der Waals surface area contributed by atoms with Gasteiger partial charge in [0.1, 0.15) is 11.3 Å². The molecule has 3 rings (SSSR count). The highest BCUT2D eigenvalue weighted by Gasteiger charge is 2.23. The van der Waals surface area contributed by atoms with E-state index < -0.39 is 5.63 Å². The summed E-state index contributed by atoms with van der Waals surface area (Å²) in [4.78, 5) is 24.2. The van der Waals surface area contributed by atoms with Gasteiger partial charge in [-0.05, 0) is 48.6 Å². The van der Waals surface area contributed by atoms with Gasteiger partial charge in [-0.3, -0.25) is 4.79 Å². The summed E-state index contributed by atoms with van der Waals surface area (Å²) in [6, 6.07) is 8.48. The van der Waals surface area contributed by atoms with Crippen LogP contribution < -0.4 is 5.63 Å². The Bertz CT molecular complexity index is 1090. The third-order valence-electron chi connectivity index (χ3n) is 5.64. The predicted molar refractivity (Wildman–Crippen MR) is 113 cm³/mol. The first kappa shape index (κ1) is 20.1. The summed E-state index contributed by atoms with van der Waals surface area (Å²) in [5, 5.41) is 12.2. The molecule has 0 aliphatic rings. The van der Waals surface area contributed by atoms with Crippen molar-refractivity contribution < 1.29 is 14.3 Å². The number of hydrogen-bond acceptors (Lipinski definition) is 4. The first-order chi connectivity index (χ1) is 13.2. The number of benzene rings is 2. The van der Waals surface area contributed by atoms with Crippen molar-refractivity contribution in [1.29, 1.82) is 0 Å². The summed E-state index contributed by atoms with van der Waals surface area (Å²) in [5.41, 5.74) is 1.19. The Hall–Kier alpha value is -2.62. The Labute approximate surface area is 165 Å². The zero-order valence-electron chi connectivity index (χ0n) is 17.1. The molecule has 2 aromatic carbocycles. The number of unbranched alkanes of at least 4 members (excludes halogenated alkanes) is 3. The van der Waals surface area contributed by atoms with Crippen LogP contribution in [0.25, 0.3) is 21.7 Å². The molecule has 148 valence electrons. The molecule has 0 spiro atoms. The van der Waals surface area contributed by atoms with Crippen LogP contribution in [0.4, 0.5) is 0 Å². The maximum absolute atomic E-state index is 12.5. The molecule has 1 heterocycles. The van der Waals surface area contributed by atoms with Crippen molar-refractivity contribution in [2.75, 3.05) is 0 Å². The van der Waals surface area contributed by atoms with E-state index in [0.29, 0.717) is 27.3 Å². The SMILES string of the molecule is CCCCCCC(C)(C)c1cc(O)c2c(c1)oc(=O)c1ccc(C(C)=O)cc12. The van der Waals surface area contributed by atoms with Crippen LogP contribution in [-0.4, -0.2) is 10.9 Å². The highest BCUT2D eigenvalue weighted by Crippen LogP contribution is 2.38. The van der Waals surface area contributed by atoms with Crippen molar-refractivity contribution in [2.24, 2.45) is 0 Å². The normalized spacial score (nSPS) is 12.0. The highest BCUT2D eigenvalue weighted by atomic mass is 16.4. The van der Waals surface area contributed by atoms with E-state index in [-0.39, 0.29) is 16.9 Å². The molecule has 0 bridgehead atoms. The van der Waals surface area contributed by atoms with Crippen molar-refractivity contribution in [1.82, 2.24) is 0 Å². The van der Waals surface area contributed by atoms with Crippen LogP contribution in [0.15, 0.2) is 39.5 Å². The topological polar surface area (TPSA) is 67.5 Å². The summed E-state index contributed by atoms with van der Waals surface area (Å²) in [6.07, 6.45) is 5.70. The molecule has 4 nitrogen and oxygen atoms in total. The highest BCUT2D eigenvalue weighted by molar-refractivity contribution is 6.10. The van der Waals surface area contributed by atoms with E-state index in [1.165, 1.54) is 26.2 Å². The van der Waals surface area contributed by atoms with Crippen LogP contribution in [-0.2, 0) is 5.41 Å². The molecule has 0 unspecified atom stereocenters. The fourth-order valence-electron chi connectivity index (χ4n) is 3.78. The molecular weight excluding hydrogens is 352 g/mol. The van der Waals surface area contributed by atoms with E-state index in [9.17, 15) is 14.7 Å². The number of Topliss-reactive ketones (excluding diaryl/α,β-unsaturated/α-hetero) is 1. The number of phenols is 1. The van der Waals surface area contributed by atoms with Gasteiger partial charge in [-0.2, -0.15) is 0 Å². The molecule has 0 saturated heterocycles. The Morgan fingerprint density at radius 2 is 1.82 bits per heavy atom. The molecule has 0 atom stereocenters. The number of ketones is 1. The van der Waals surface area contributed by atoms with E-state index in [0.717, 1.165) is 18.4 Å². The van der Waals surface area contributed by atoms with Crippen molar-refractivity contribution in [3.8, 4) is 5.75 Å². The van der Waals surface area contributed by atoms with Gasteiger partial charge in [-0.15, -0.1) is 0 Å². The van der Waals surface area contributed by atoms with Gasteiger partial charge in [0.05, 0.1) is 10.8 Å². The number of fused-ring (bicyclic) bond motifs is 3. The van der Waals surface area contributed by atoms with Gasteiger partial charge < -0.3 is 9.52 Å². The molecular formula is C24H28O4. The molecule has 1 aromatic heterocycles. The summed E-state index contributed by atoms with van der Waals surface area (Å²) >= 11 is 0. The van der Waals surface area contributed by atoms with Crippen molar-refractivity contribution in [2.45, 2.75) is 65.2 Å². The molecule has 4 heteroatoms. The van der Waals surface area contributed by atoms with Crippen LogP contribution in [0, 0.1) is 0 Å². The lowest BCUT2D eigenvalue weighted by molar-refractivity contribution is 0.101. The van der Waals surface area contributed by atoms with Crippen molar-refractivity contribution >= 4 is 27.5 Å². The van der Waals surface area contributed by atoms with Crippen LogP contribution in [0.3, 0.4) is 0 Å². The average molecular weight is 380 g/mol. The van der Waals surface area contributed by atoms with Gasteiger partial charge in [-0.25, -0.2) is 4.79 Å². The largest absolute Gasteiger partial charge is 0.507 e. The molecule has 0 aliphatic heterocycles. The van der Waals surface area contributed by atoms with Gasteiger partial charge in [0.25, 0.3) is 0 Å². The quantitative estimate of drug-likeness (QED) is 0.233. The number of hydrogen-bond donors (Lipinski definition) is 1. The van der Waals surface area contributed by atoms with E-state index in [1.54, 1.807) is 24.3 Å². The average Bonchev–Trinajstić information content (AvgIpc) is 2.64. The second-order valence-corrected chi connectivity index (χ2v) is 8.27. The third kappa shape index (κ3) is 3.82. The van der Waals surface area contributed by atoms with Crippen LogP contribution in [0.1, 0.15) is 75.7 Å². The fourth-order valence-corrected chi connectivity index (χ4v) is 3.78. The predicted octanol–water partition coefficient (Wildman–Crippen LogP) is 6.10. The summed E-state index contributed by atoms with van der Waals surface area (Å²) in [6.45, 7) is 7.96. The van der Waals surface area contributed by atoms with Crippen LogP contribution >= 0.6 is 0 Å². The lowest BCUT2D eigenvalue weighted by atomic mass is 9.79. The minimum atomic E-state index is -0.463.